The van der Waals surface area contributed by atoms with E-state index in [0.717, 1.165) is 4.90 Å². The molecule has 22 nitrogen and oxygen atoms in total. The predicted octanol–water partition coefficient (Wildman–Crippen LogP) is -2.59. The molecule has 0 bridgehead atoms. The molecule has 0 spiro atoms. The summed E-state index contributed by atoms with van der Waals surface area (Å²) in [5, 5.41) is 57.3. The number of carbonyl (C=O) groups excluding carboxylic acids is 8. The van der Waals surface area contributed by atoms with E-state index < -0.39 is 139 Å². The lowest BCUT2D eigenvalue weighted by molar-refractivity contribution is -0.144. The molecule has 1 aromatic rings. The number of aliphatic hydroxyl groups excluding tert-OH is 3. The minimum atomic E-state index is -1.65. The van der Waals surface area contributed by atoms with Gasteiger partial charge in [0.1, 0.15) is 48.3 Å². The third-order valence-electron chi connectivity index (χ3n) is 11.1. The SMILES string of the molecule is CC(C)C[C@H](NC(=O)[C@H](Cc1ccccc1)NC(=O)[C@H](CO)NC(=O)[C@@H]1CCCN1C(=O)[C@H](CO)NC(=O)[C@@H](NC(=O)[C@@H](N)CC(C)C)C(C)C)C(=O)N[C@@H](CO)C(=O)N[C@H](C(=O)O)C(C)C. The number of hydrogen-bond acceptors (Lipinski definition) is 13. The van der Waals surface area contributed by atoms with Crippen molar-refractivity contribution in [2.75, 3.05) is 26.4 Å². The second-order valence-corrected chi connectivity index (χ2v) is 18.4. The highest BCUT2D eigenvalue weighted by molar-refractivity contribution is 5.98. The Hall–Kier alpha value is -5.71. The number of nitrogens with zero attached hydrogens (tertiary/aromatic N) is 1. The molecule has 1 aromatic carbocycles. The van der Waals surface area contributed by atoms with E-state index in [1.165, 1.54) is 0 Å². The standard InChI is InChI=1S/C45H73N9O13/c1-23(2)17-28(46)37(58)52-35(25(5)6)43(64)51-33(22-57)44(65)54-16-12-15-34(54)42(63)50-31(20-55)40(61)48-30(19-27-13-10-9-11-14-27)39(60)47-29(18-24(3)4)38(59)49-32(21-56)41(62)53-36(26(7)8)45(66)67/h9-11,13-14,23-26,28-36,55-57H,12,15-22,46H2,1-8H3,(H,47,60)(H,48,61)(H,49,59)(H,50,63)(H,51,64)(H,52,58)(H,53,62)(H,66,67)/t28-,29-,30-,31-,32-,33-,34-,35-,36-/m0/s1. The molecule has 1 aliphatic rings. The summed E-state index contributed by atoms with van der Waals surface area (Å²) in [6, 6.07) is -3.51. The molecule has 0 aromatic heterocycles. The van der Waals surface area contributed by atoms with Gasteiger partial charge in [-0.15, -0.1) is 0 Å². The van der Waals surface area contributed by atoms with Gasteiger partial charge in [-0.2, -0.15) is 0 Å². The molecule has 67 heavy (non-hydrogen) atoms. The van der Waals surface area contributed by atoms with Gasteiger partial charge >= 0.3 is 5.97 Å². The summed E-state index contributed by atoms with van der Waals surface area (Å²) < 4.78 is 0. The van der Waals surface area contributed by atoms with Crippen molar-refractivity contribution in [1.82, 2.24) is 42.1 Å². The zero-order valence-electron chi connectivity index (χ0n) is 39.7. The molecule has 1 aliphatic heterocycles. The Kier molecular flexibility index (Phi) is 23.8. The minimum absolute atomic E-state index is 0.0296. The number of amides is 8. The lowest BCUT2D eigenvalue weighted by atomic mass is 10.00. The zero-order valence-corrected chi connectivity index (χ0v) is 39.7. The second-order valence-electron chi connectivity index (χ2n) is 18.4. The van der Waals surface area contributed by atoms with Gasteiger partial charge < -0.3 is 68.3 Å². The molecular formula is C45H73N9O13. The van der Waals surface area contributed by atoms with E-state index in [0.29, 0.717) is 18.4 Å². The summed E-state index contributed by atoms with van der Waals surface area (Å²) in [6.45, 7) is 11.1. The Bertz CT molecular complexity index is 1850. The van der Waals surface area contributed by atoms with Crippen LogP contribution in [0.3, 0.4) is 0 Å². The van der Waals surface area contributed by atoms with Crippen LogP contribution in [0.1, 0.15) is 86.6 Å². The molecule has 9 atom stereocenters. The Morgan fingerprint density at radius 1 is 0.582 bits per heavy atom. The number of nitrogens with one attached hydrogen (secondary N) is 7. The van der Waals surface area contributed by atoms with Gasteiger partial charge in [0.15, 0.2) is 0 Å². The molecule has 0 saturated carbocycles. The van der Waals surface area contributed by atoms with Crippen LogP contribution in [0.5, 0.6) is 0 Å². The van der Waals surface area contributed by atoms with Crippen LogP contribution in [0, 0.1) is 23.7 Å². The highest BCUT2D eigenvalue weighted by atomic mass is 16.4. The van der Waals surface area contributed by atoms with Crippen LogP contribution in [0.15, 0.2) is 30.3 Å². The smallest absolute Gasteiger partial charge is 0.326 e. The molecule has 22 heteroatoms. The fourth-order valence-corrected chi connectivity index (χ4v) is 7.36. The maximum Gasteiger partial charge on any atom is 0.326 e. The number of aliphatic carboxylic acids is 1. The number of hydrogen-bond donors (Lipinski definition) is 12. The van der Waals surface area contributed by atoms with Crippen LogP contribution in [0.25, 0.3) is 0 Å². The summed E-state index contributed by atoms with van der Waals surface area (Å²) in [5.74, 6) is -9.08. The first kappa shape index (κ1) is 57.4. The fraction of sp³-hybridized carbons (Fsp3) is 0.667. The summed E-state index contributed by atoms with van der Waals surface area (Å²) in [7, 11) is 0. The van der Waals surface area contributed by atoms with Gasteiger partial charge in [0.25, 0.3) is 0 Å². The van der Waals surface area contributed by atoms with Gasteiger partial charge in [0.05, 0.1) is 25.9 Å². The third kappa shape index (κ3) is 18.1. The monoisotopic (exact) mass is 948 g/mol. The van der Waals surface area contributed by atoms with E-state index in [-0.39, 0.29) is 37.6 Å². The van der Waals surface area contributed by atoms with E-state index in [4.69, 9.17) is 5.73 Å². The summed E-state index contributed by atoms with van der Waals surface area (Å²) >= 11 is 0. The maximum absolute atomic E-state index is 14.0. The normalized spacial score (nSPS) is 17.3. The molecule has 1 saturated heterocycles. The fourth-order valence-electron chi connectivity index (χ4n) is 7.36. The first-order valence-electron chi connectivity index (χ1n) is 22.7. The van der Waals surface area contributed by atoms with Crippen molar-refractivity contribution in [2.45, 2.75) is 142 Å². The number of likely N-dealkylation sites (tertiary alicyclic amines) is 1. The number of carboxylic acid groups (broad SMARTS) is 1. The van der Waals surface area contributed by atoms with Gasteiger partial charge in [-0.3, -0.25) is 38.4 Å². The summed E-state index contributed by atoms with van der Waals surface area (Å²) in [4.78, 5) is 121. The van der Waals surface area contributed by atoms with Crippen molar-refractivity contribution in [1.29, 1.82) is 0 Å². The molecule has 0 radical (unpaired) electrons. The summed E-state index contributed by atoms with van der Waals surface area (Å²) in [5.41, 5.74) is 6.58. The quantitative estimate of drug-likeness (QED) is 0.0431. The first-order chi connectivity index (χ1) is 31.4. The van der Waals surface area contributed by atoms with Crippen LogP contribution >= 0.6 is 0 Å². The van der Waals surface area contributed by atoms with Crippen molar-refractivity contribution >= 4 is 53.2 Å². The predicted molar refractivity (Wildman–Crippen MR) is 244 cm³/mol. The van der Waals surface area contributed by atoms with Gasteiger partial charge in [0.2, 0.25) is 47.3 Å². The number of aliphatic hydroxyl groups is 3. The first-order valence-corrected chi connectivity index (χ1v) is 22.7. The van der Waals surface area contributed by atoms with Crippen molar-refractivity contribution in [3.8, 4) is 0 Å². The van der Waals surface area contributed by atoms with Gasteiger partial charge in [-0.25, -0.2) is 4.79 Å². The molecule has 2 rings (SSSR count). The van der Waals surface area contributed by atoms with Crippen molar-refractivity contribution < 1.29 is 63.6 Å². The number of nitrogens with two attached hydrogens (primary N) is 1. The van der Waals surface area contributed by atoms with Crippen molar-refractivity contribution in [3.05, 3.63) is 35.9 Å². The van der Waals surface area contributed by atoms with E-state index in [9.17, 15) is 63.6 Å². The molecule has 13 N–H and O–H groups in total. The molecule has 1 fully saturated rings. The maximum atomic E-state index is 14.0. The van der Waals surface area contributed by atoms with Gasteiger partial charge in [0, 0.05) is 13.0 Å². The highest BCUT2D eigenvalue weighted by Gasteiger charge is 2.40. The topological polar surface area (TPSA) is 348 Å². The van der Waals surface area contributed by atoms with E-state index in [1.807, 2.05) is 13.8 Å². The molecular weight excluding hydrogens is 875 g/mol. The average Bonchev–Trinajstić information content (AvgIpc) is 3.76. The molecule has 1 heterocycles. The van der Waals surface area contributed by atoms with Crippen LogP contribution in [0.4, 0.5) is 0 Å². The second kappa shape index (κ2) is 27.8. The van der Waals surface area contributed by atoms with E-state index >= 15 is 0 Å². The zero-order chi connectivity index (χ0) is 50.7. The van der Waals surface area contributed by atoms with Gasteiger partial charge in [-0.1, -0.05) is 85.7 Å². The Morgan fingerprint density at radius 3 is 1.57 bits per heavy atom. The highest BCUT2D eigenvalue weighted by Crippen LogP contribution is 2.20. The largest absolute Gasteiger partial charge is 0.480 e. The van der Waals surface area contributed by atoms with Crippen molar-refractivity contribution in [2.24, 2.45) is 29.4 Å². The van der Waals surface area contributed by atoms with E-state index in [2.05, 4.69) is 37.2 Å². The number of rotatable bonds is 27. The lowest BCUT2D eigenvalue weighted by Crippen LogP contribution is -2.61. The van der Waals surface area contributed by atoms with Crippen LogP contribution in [-0.2, 0) is 49.6 Å². The Morgan fingerprint density at radius 2 is 1.04 bits per heavy atom. The van der Waals surface area contributed by atoms with Crippen LogP contribution in [-0.4, -0.2) is 159 Å². The Balaban J connectivity index is 2.27. The molecule has 0 unspecified atom stereocenters. The number of carbonyl (C=O) groups is 9. The van der Waals surface area contributed by atoms with Crippen LogP contribution in [0.2, 0.25) is 0 Å². The molecule has 8 amide bonds. The summed E-state index contributed by atoms with van der Waals surface area (Å²) in [6.07, 6.45) is 0.726. The van der Waals surface area contributed by atoms with Crippen molar-refractivity contribution in [3.63, 3.8) is 0 Å². The number of carboxylic acids is 1. The minimum Gasteiger partial charge on any atom is -0.480 e. The number of benzene rings is 1. The Labute approximate surface area is 391 Å². The van der Waals surface area contributed by atoms with E-state index in [1.54, 1.807) is 71.9 Å². The van der Waals surface area contributed by atoms with Crippen LogP contribution < -0.4 is 43.0 Å². The van der Waals surface area contributed by atoms with Gasteiger partial charge in [-0.05, 0) is 54.9 Å². The lowest BCUT2D eigenvalue weighted by Gasteiger charge is -2.30. The molecule has 376 valence electrons. The molecule has 0 aliphatic carbocycles. The average molecular weight is 948 g/mol. The third-order valence-corrected chi connectivity index (χ3v) is 11.1.